The Labute approximate surface area is 103 Å². The maximum Gasteiger partial charge on any atom is -0.0317 e. The molecule has 0 heteroatoms. The third-order valence-electron chi connectivity index (χ3n) is 2.97. The quantitative estimate of drug-likeness (QED) is 0.295. The van der Waals surface area contributed by atoms with Crippen molar-refractivity contribution in [2.75, 3.05) is 0 Å². The average molecular weight is 222 g/mol. The van der Waals surface area contributed by atoms with E-state index >= 15 is 0 Å². The van der Waals surface area contributed by atoms with Gasteiger partial charge in [-0.3, -0.25) is 0 Å². The number of rotatable bonds is 11. The van der Waals surface area contributed by atoms with Crippen LogP contribution in [0.15, 0.2) is 24.3 Å². The van der Waals surface area contributed by atoms with Gasteiger partial charge >= 0.3 is 0 Å². The van der Waals surface area contributed by atoms with Gasteiger partial charge in [0.15, 0.2) is 0 Å². The van der Waals surface area contributed by atoms with Crippen LogP contribution in [0.3, 0.4) is 0 Å². The zero-order valence-electron chi connectivity index (χ0n) is 11.4. The van der Waals surface area contributed by atoms with Crippen molar-refractivity contribution >= 4 is 0 Å². The van der Waals surface area contributed by atoms with Gasteiger partial charge in [0, 0.05) is 0 Å². The molecule has 0 nitrogen and oxygen atoms in total. The van der Waals surface area contributed by atoms with Gasteiger partial charge in [-0.15, -0.1) is 6.58 Å². The van der Waals surface area contributed by atoms with E-state index in [-0.39, 0.29) is 0 Å². The smallest absolute Gasteiger partial charge is 0.0317 e. The third kappa shape index (κ3) is 10.0. The summed E-state index contributed by atoms with van der Waals surface area (Å²) in [6.45, 7) is 8.33. The SMILES string of the molecule is C=CCCCC(=CCCCCCC)CCC. The Morgan fingerprint density at radius 2 is 1.69 bits per heavy atom. The molecule has 0 aromatic carbocycles. The number of unbranched alkanes of at least 4 members (excludes halogenated alkanes) is 5. The molecule has 0 aliphatic carbocycles. The van der Waals surface area contributed by atoms with Crippen molar-refractivity contribution in [1.82, 2.24) is 0 Å². The first-order valence-electron chi connectivity index (χ1n) is 7.13. The van der Waals surface area contributed by atoms with Crippen molar-refractivity contribution in [1.29, 1.82) is 0 Å². The van der Waals surface area contributed by atoms with Crippen LogP contribution in [0.4, 0.5) is 0 Å². The lowest BCUT2D eigenvalue weighted by Gasteiger charge is -2.05. The van der Waals surface area contributed by atoms with Gasteiger partial charge in [0.2, 0.25) is 0 Å². The van der Waals surface area contributed by atoms with Gasteiger partial charge < -0.3 is 0 Å². The van der Waals surface area contributed by atoms with Crippen LogP contribution in [0, 0.1) is 0 Å². The Kier molecular flexibility index (Phi) is 12.1. The van der Waals surface area contributed by atoms with Crippen molar-refractivity contribution in [3.05, 3.63) is 24.3 Å². The van der Waals surface area contributed by atoms with Crippen molar-refractivity contribution in [2.45, 2.75) is 78.1 Å². The molecule has 0 aliphatic rings. The highest BCUT2D eigenvalue weighted by atomic mass is 14.0. The summed E-state index contributed by atoms with van der Waals surface area (Å²) in [6, 6.07) is 0. The molecule has 0 aliphatic heterocycles. The average Bonchev–Trinajstić information content (AvgIpc) is 2.29. The Morgan fingerprint density at radius 1 is 0.875 bits per heavy atom. The van der Waals surface area contributed by atoms with Crippen molar-refractivity contribution in [2.24, 2.45) is 0 Å². The van der Waals surface area contributed by atoms with E-state index in [2.05, 4.69) is 26.5 Å². The molecular formula is C16H30. The summed E-state index contributed by atoms with van der Waals surface area (Å²) in [5.74, 6) is 0. The van der Waals surface area contributed by atoms with Crippen molar-refractivity contribution in [3.8, 4) is 0 Å². The first kappa shape index (κ1) is 15.5. The molecule has 16 heavy (non-hydrogen) atoms. The van der Waals surface area contributed by atoms with E-state index in [0.717, 1.165) is 6.42 Å². The summed E-state index contributed by atoms with van der Waals surface area (Å²) < 4.78 is 0. The summed E-state index contributed by atoms with van der Waals surface area (Å²) in [7, 11) is 0. The van der Waals surface area contributed by atoms with E-state index in [0.29, 0.717) is 0 Å². The predicted molar refractivity (Wildman–Crippen MR) is 75.8 cm³/mol. The predicted octanol–water partition coefficient (Wildman–Crippen LogP) is 6.04. The summed E-state index contributed by atoms with van der Waals surface area (Å²) >= 11 is 0. The fourth-order valence-corrected chi connectivity index (χ4v) is 2.00. The molecule has 0 aromatic rings. The second-order valence-corrected chi connectivity index (χ2v) is 4.64. The molecular weight excluding hydrogens is 192 g/mol. The molecule has 0 rings (SSSR count). The summed E-state index contributed by atoms with van der Waals surface area (Å²) in [6.07, 6.45) is 17.7. The molecule has 0 N–H and O–H groups in total. The monoisotopic (exact) mass is 222 g/mol. The zero-order chi connectivity index (χ0) is 12.1. The van der Waals surface area contributed by atoms with E-state index in [9.17, 15) is 0 Å². The first-order chi connectivity index (χ1) is 7.85. The molecule has 0 unspecified atom stereocenters. The maximum absolute atomic E-state index is 3.78. The minimum Gasteiger partial charge on any atom is -0.103 e. The summed E-state index contributed by atoms with van der Waals surface area (Å²) in [5, 5.41) is 0. The molecule has 0 aromatic heterocycles. The summed E-state index contributed by atoms with van der Waals surface area (Å²) in [4.78, 5) is 0. The normalized spacial score (nSPS) is 11.8. The maximum atomic E-state index is 3.78. The van der Waals surface area contributed by atoms with Gasteiger partial charge in [-0.1, -0.05) is 57.3 Å². The molecule has 94 valence electrons. The lowest BCUT2D eigenvalue weighted by atomic mass is 10.0. The van der Waals surface area contributed by atoms with Crippen LogP contribution in [0.1, 0.15) is 78.1 Å². The highest BCUT2D eigenvalue weighted by Gasteiger charge is 1.96. The van der Waals surface area contributed by atoms with Gasteiger partial charge in [0.25, 0.3) is 0 Å². The van der Waals surface area contributed by atoms with Crippen LogP contribution >= 0.6 is 0 Å². The lowest BCUT2D eigenvalue weighted by molar-refractivity contribution is 0.668. The van der Waals surface area contributed by atoms with Gasteiger partial charge in [-0.05, 0) is 38.5 Å². The highest BCUT2D eigenvalue weighted by molar-refractivity contribution is 5.02. The van der Waals surface area contributed by atoms with Crippen LogP contribution in [0.2, 0.25) is 0 Å². The van der Waals surface area contributed by atoms with Crippen molar-refractivity contribution in [3.63, 3.8) is 0 Å². The fourth-order valence-electron chi connectivity index (χ4n) is 2.00. The molecule has 0 bridgehead atoms. The Morgan fingerprint density at radius 3 is 2.31 bits per heavy atom. The van der Waals surface area contributed by atoms with Crippen molar-refractivity contribution < 1.29 is 0 Å². The molecule has 0 atom stereocenters. The molecule has 0 radical (unpaired) electrons. The van der Waals surface area contributed by atoms with Crippen LogP contribution in [0.5, 0.6) is 0 Å². The number of hydrogen-bond donors (Lipinski definition) is 0. The van der Waals surface area contributed by atoms with E-state index in [4.69, 9.17) is 0 Å². The Bertz CT molecular complexity index is 176. The van der Waals surface area contributed by atoms with Gasteiger partial charge in [0.1, 0.15) is 0 Å². The minimum absolute atomic E-state index is 1.16. The molecule has 0 saturated carbocycles. The van der Waals surface area contributed by atoms with Crippen LogP contribution < -0.4 is 0 Å². The first-order valence-corrected chi connectivity index (χ1v) is 7.13. The van der Waals surface area contributed by atoms with Crippen LogP contribution in [-0.4, -0.2) is 0 Å². The molecule has 0 heterocycles. The van der Waals surface area contributed by atoms with E-state index in [1.165, 1.54) is 57.8 Å². The minimum atomic E-state index is 1.16. The third-order valence-corrected chi connectivity index (χ3v) is 2.97. The largest absolute Gasteiger partial charge is 0.103 e. The molecule has 0 amide bonds. The lowest BCUT2D eigenvalue weighted by Crippen LogP contribution is -1.85. The second kappa shape index (κ2) is 12.5. The summed E-state index contributed by atoms with van der Waals surface area (Å²) in [5.41, 5.74) is 1.68. The molecule has 0 saturated heterocycles. The number of allylic oxidation sites excluding steroid dienone is 3. The Hall–Kier alpha value is -0.520. The molecule has 0 spiro atoms. The Balaban J connectivity index is 3.70. The standard InChI is InChI=1S/C16H30/c1-4-7-9-10-12-15-16(13-6-3)14-11-8-5-2/h5,15H,2,4,6-14H2,1,3H3. The topological polar surface area (TPSA) is 0 Å². The van der Waals surface area contributed by atoms with Gasteiger partial charge in [-0.2, -0.15) is 0 Å². The van der Waals surface area contributed by atoms with Crippen LogP contribution in [-0.2, 0) is 0 Å². The van der Waals surface area contributed by atoms with E-state index in [1.54, 1.807) is 5.57 Å². The van der Waals surface area contributed by atoms with Crippen LogP contribution in [0.25, 0.3) is 0 Å². The van der Waals surface area contributed by atoms with Gasteiger partial charge in [-0.25, -0.2) is 0 Å². The van der Waals surface area contributed by atoms with E-state index < -0.39 is 0 Å². The second-order valence-electron chi connectivity index (χ2n) is 4.64. The fraction of sp³-hybridized carbons (Fsp3) is 0.750. The highest BCUT2D eigenvalue weighted by Crippen LogP contribution is 2.16. The number of hydrogen-bond acceptors (Lipinski definition) is 0. The zero-order valence-corrected chi connectivity index (χ0v) is 11.4. The van der Waals surface area contributed by atoms with Gasteiger partial charge in [0.05, 0.1) is 0 Å². The van der Waals surface area contributed by atoms with E-state index in [1.807, 2.05) is 6.08 Å². The molecule has 0 fully saturated rings.